The average Bonchev–Trinajstić information content (AvgIpc) is 1.67. The molecule has 0 aliphatic rings. The molecule has 2 unspecified atom stereocenters. The molecule has 8 heavy (non-hydrogen) atoms. The maximum Gasteiger partial charge on any atom is 0.0233 e. The van der Waals surface area contributed by atoms with E-state index in [0.717, 1.165) is 0 Å². The summed E-state index contributed by atoms with van der Waals surface area (Å²) in [5, 5.41) is 0.528. The maximum absolute atomic E-state index is 4.36. The third-order valence-electron chi connectivity index (χ3n) is 1.11. The van der Waals surface area contributed by atoms with Crippen molar-refractivity contribution in [2.75, 3.05) is 0 Å². The van der Waals surface area contributed by atoms with Gasteiger partial charge in [-0.2, -0.15) is 12.6 Å². The van der Waals surface area contributed by atoms with E-state index in [9.17, 15) is 0 Å². The summed E-state index contributed by atoms with van der Waals surface area (Å²) < 4.78 is 0. The van der Waals surface area contributed by atoms with Gasteiger partial charge in [-0.1, -0.05) is 36.2 Å². The van der Waals surface area contributed by atoms with Crippen molar-refractivity contribution in [3.05, 3.63) is 0 Å². The van der Waals surface area contributed by atoms with E-state index in [0.29, 0.717) is 10.1 Å². The number of alkyl halides is 1. The van der Waals surface area contributed by atoms with Gasteiger partial charge >= 0.3 is 0 Å². The van der Waals surface area contributed by atoms with E-state index in [1.165, 1.54) is 12.8 Å². The molecule has 0 heterocycles. The third kappa shape index (κ3) is 3.79. The van der Waals surface area contributed by atoms with Crippen molar-refractivity contribution in [1.29, 1.82) is 0 Å². The van der Waals surface area contributed by atoms with E-state index in [4.69, 9.17) is 0 Å². The topological polar surface area (TPSA) is 0 Å². The highest BCUT2D eigenvalue weighted by atomic mass is 79.9. The minimum absolute atomic E-state index is 0.528. The van der Waals surface area contributed by atoms with Crippen LogP contribution in [0.3, 0.4) is 0 Å². The molecule has 0 aromatic carbocycles. The summed E-state index contributed by atoms with van der Waals surface area (Å²) in [6.45, 7) is 4.31. The van der Waals surface area contributed by atoms with Gasteiger partial charge in [0.05, 0.1) is 0 Å². The highest BCUT2D eigenvalue weighted by molar-refractivity contribution is 9.09. The molecule has 0 bridgehead atoms. The lowest BCUT2D eigenvalue weighted by Crippen LogP contribution is -2.09. The number of halogens is 1. The fourth-order valence-corrected chi connectivity index (χ4v) is 1.05. The standard InChI is InChI=1S/C6H13BrS/c1-3-4-6(8)5(2)7/h5-6,8H,3-4H2,1-2H3. The van der Waals surface area contributed by atoms with Crippen LogP contribution in [0.15, 0.2) is 0 Å². The van der Waals surface area contributed by atoms with E-state index in [1.54, 1.807) is 0 Å². The van der Waals surface area contributed by atoms with Crippen LogP contribution in [0.2, 0.25) is 0 Å². The molecule has 0 aliphatic heterocycles. The summed E-state index contributed by atoms with van der Waals surface area (Å²) >= 11 is 7.82. The van der Waals surface area contributed by atoms with E-state index in [2.05, 4.69) is 42.4 Å². The summed E-state index contributed by atoms with van der Waals surface area (Å²) in [4.78, 5) is 0.547. The summed E-state index contributed by atoms with van der Waals surface area (Å²) in [5.41, 5.74) is 0. The number of hydrogen-bond donors (Lipinski definition) is 1. The molecule has 0 fully saturated rings. The van der Waals surface area contributed by atoms with Crippen LogP contribution < -0.4 is 0 Å². The van der Waals surface area contributed by atoms with Crippen molar-refractivity contribution in [1.82, 2.24) is 0 Å². The first-order chi connectivity index (χ1) is 3.68. The number of hydrogen-bond acceptors (Lipinski definition) is 1. The zero-order valence-electron chi connectivity index (χ0n) is 5.39. The van der Waals surface area contributed by atoms with Gasteiger partial charge in [-0.15, -0.1) is 0 Å². The lowest BCUT2D eigenvalue weighted by molar-refractivity contribution is 0.740. The quantitative estimate of drug-likeness (QED) is 0.522. The molecular formula is C6H13BrS. The Hall–Kier alpha value is 0.830. The van der Waals surface area contributed by atoms with Gasteiger partial charge < -0.3 is 0 Å². The fraction of sp³-hybridized carbons (Fsp3) is 1.00. The Morgan fingerprint density at radius 1 is 1.62 bits per heavy atom. The van der Waals surface area contributed by atoms with Crippen molar-refractivity contribution in [2.45, 2.75) is 36.8 Å². The molecule has 50 valence electrons. The van der Waals surface area contributed by atoms with E-state index < -0.39 is 0 Å². The van der Waals surface area contributed by atoms with Crippen molar-refractivity contribution < 1.29 is 0 Å². The second kappa shape index (κ2) is 4.68. The van der Waals surface area contributed by atoms with Crippen molar-refractivity contribution in [3.63, 3.8) is 0 Å². The van der Waals surface area contributed by atoms with Crippen molar-refractivity contribution in [3.8, 4) is 0 Å². The van der Waals surface area contributed by atoms with Crippen LogP contribution in [-0.4, -0.2) is 10.1 Å². The van der Waals surface area contributed by atoms with Crippen LogP contribution in [0.25, 0.3) is 0 Å². The normalized spacial score (nSPS) is 18.0. The molecule has 0 nitrogen and oxygen atoms in total. The highest BCUT2D eigenvalue weighted by Gasteiger charge is 2.06. The van der Waals surface area contributed by atoms with E-state index >= 15 is 0 Å². The minimum atomic E-state index is 0.528. The van der Waals surface area contributed by atoms with Crippen LogP contribution in [0.5, 0.6) is 0 Å². The Balaban J connectivity index is 3.17. The van der Waals surface area contributed by atoms with Gasteiger partial charge in [0.25, 0.3) is 0 Å². The molecule has 0 aliphatic carbocycles. The molecule has 0 saturated heterocycles. The molecule has 0 rings (SSSR count). The zero-order valence-corrected chi connectivity index (χ0v) is 7.87. The SMILES string of the molecule is CCCC(S)C(C)Br. The monoisotopic (exact) mass is 196 g/mol. The molecule has 0 saturated carbocycles. The molecule has 0 aromatic heterocycles. The van der Waals surface area contributed by atoms with Gasteiger partial charge in [0.2, 0.25) is 0 Å². The first-order valence-electron chi connectivity index (χ1n) is 3.00. The molecule has 2 atom stereocenters. The Morgan fingerprint density at radius 3 is 2.25 bits per heavy atom. The first kappa shape index (κ1) is 8.83. The number of thiol groups is 1. The lowest BCUT2D eigenvalue weighted by atomic mass is 10.2. The number of rotatable bonds is 3. The second-order valence-corrected chi connectivity index (χ2v) is 4.14. The van der Waals surface area contributed by atoms with E-state index in [-0.39, 0.29) is 0 Å². The highest BCUT2D eigenvalue weighted by Crippen LogP contribution is 2.15. The van der Waals surface area contributed by atoms with Crippen molar-refractivity contribution >= 4 is 28.6 Å². The lowest BCUT2D eigenvalue weighted by Gasteiger charge is -2.10. The summed E-state index contributed by atoms with van der Waals surface area (Å²) in [5.74, 6) is 0. The third-order valence-corrected chi connectivity index (χ3v) is 2.87. The fourth-order valence-electron chi connectivity index (χ4n) is 0.525. The van der Waals surface area contributed by atoms with Crippen LogP contribution in [-0.2, 0) is 0 Å². The molecule has 0 amide bonds. The average molecular weight is 197 g/mol. The summed E-state index contributed by atoms with van der Waals surface area (Å²) in [6, 6.07) is 0. The molecule has 0 radical (unpaired) electrons. The van der Waals surface area contributed by atoms with E-state index in [1.807, 2.05) is 0 Å². The Kier molecular flexibility index (Phi) is 5.17. The molecule has 2 heteroatoms. The van der Waals surface area contributed by atoms with Crippen molar-refractivity contribution in [2.24, 2.45) is 0 Å². The zero-order chi connectivity index (χ0) is 6.57. The molecular weight excluding hydrogens is 184 g/mol. The second-order valence-electron chi connectivity index (χ2n) is 2.03. The van der Waals surface area contributed by atoms with Gasteiger partial charge in [0.1, 0.15) is 0 Å². The Labute approximate surface area is 65.6 Å². The van der Waals surface area contributed by atoms with Crippen LogP contribution in [0.1, 0.15) is 26.7 Å². The molecule has 0 N–H and O–H groups in total. The predicted octanol–water partition coefficient (Wildman–Crippen LogP) is 2.87. The van der Waals surface area contributed by atoms with Gasteiger partial charge in [0.15, 0.2) is 0 Å². The summed E-state index contributed by atoms with van der Waals surface area (Å²) in [7, 11) is 0. The Bertz CT molecular complexity index is 54.5. The van der Waals surface area contributed by atoms with Gasteiger partial charge in [-0.3, -0.25) is 0 Å². The summed E-state index contributed by atoms with van der Waals surface area (Å²) in [6.07, 6.45) is 2.43. The van der Waals surface area contributed by atoms with Crippen LogP contribution in [0.4, 0.5) is 0 Å². The van der Waals surface area contributed by atoms with Gasteiger partial charge in [0, 0.05) is 10.1 Å². The van der Waals surface area contributed by atoms with Crippen LogP contribution >= 0.6 is 28.6 Å². The maximum atomic E-state index is 4.36. The Morgan fingerprint density at radius 2 is 2.12 bits per heavy atom. The van der Waals surface area contributed by atoms with Gasteiger partial charge in [-0.25, -0.2) is 0 Å². The predicted molar refractivity (Wildman–Crippen MR) is 46.1 cm³/mol. The van der Waals surface area contributed by atoms with Crippen LogP contribution in [0, 0.1) is 0 Å². The minimum Gasteiger partial charge on any atom is -0.175 e. The van der Waals surface area contributed by atoms with Gasteiger partial charge in [-0.05, 0) is 6.42 Å². The first-order valence-corrected chi connectivity index (χ1v) is 4.43. The largest absolute Gasteiger partial charge is 0.175 e. The molecule has 0 aromatic rings. The smallest absolute Gasteiger partial charge is 0.0233 e. The molecule has 0 spiro atoms.